The monoisotopic (exact) mass is 341 g/mol. The first-order valence-corrected chi connectivity index (χ1v) is 8.76. The first kappa shape index (κ1) is 15.1. The highest BCUT2D eigenvalue weighted by atomic mass is 32.1. The Morgan fingerprint density at radius 2 is 2.00 bits per heavy atom. The maximum absolute atomic E-state index is 12.3. The van der Waals surface area contributed by atoms with Gasteiger partial charge in [-0.1, -0.05) is 29.0 Å². The molecule has 1 aliphatic rings. The number of hydrogen-bond acceptors (Lipinski definition) is 5. The summed E-state index contributed by atoms with van der Waals surface area (Å²) >= 11 is 1.60. The van der Waals surface area contributed by atoms with Gasteiger partial charge in [-0.2, -0.15) is 5.10 Å². The van der Waals surface area contributed by atoms with Crippen LogP contribution in [0.5, 0.6) is 0 Å². The number of fused-ring (bicyclic) bond motifs is 1. The van der Waals surface area contributed by atoms with Crippen molar-refractivity contribution in [1.82, 2.24) is 14.8 Å². The molecule has 1 N–H and O–H groups in total. The summed E-state index contributed by atoms with van der Waals surface area (Å²) in [4.78, 5) is 18.8. The van der Waals surface area contributed by atoms with Gasteiger partial charge in [0.2, 0.25) is 5.91 Å². The van der Waals surface area contributed by atoms with Gasteiger partial charge in [-0.3, -0.25) is 4.79 Å². The fourth-order valence-electron chi connectivity index (χ4n) is 3.10. The Balaban J connectivity index is 1.52. The molecule has 1 fully saturated rings. The molecule has 1 unspecified atom stereocenters. The van der Waals surface area contributed by atoms with E-state index in [0.717, 1.165) is 26.9 Å². The predicted molar refractivity (Wildman–Crippen MR) is 96.7 cm³/mol. The number of anilines is 2. The fourth-order valence-corrected chi connectivity index (χ4v) is 4.11. The van der Waals surface area contributed by atoms with E-state index in [2.05, 4.69) is 15.4 Å². The van der Waals surface area contributed by atoms with Crippen molar-refractivity contribution in [3.8, 4) is 0 Å². The van der Waals surface area contributed by atoms with Gasteiger partial charge >= 0.3 is 0 Å². The maximum Gasteiger partial charge on any atom is 0.229 e. The van der Waals surface area contributed by atoms with Gasteiger partial charge in [-0.05, 0) is 26.0 Å². The zero-order valence-corrected chi connectivity index (χ0v) is 14.7. The van der Waals surface area contributed by atoms with Crippen molar-refractivity contribution in [3.05, 3.63) is 35.5 Å². The summed E-state index contributed by atoms with van der Waals surface area (Å²) in [7, 11) is 1.90. The predicted octanol–water partition coefficient (Wildman–Crippen LogP) is 2.86. The number of nitrogens with zero attached hydrogens (tertiary/aromatic N) is 4. The Hall–Kier alpha value is -2.41. The SMILES string of the molecule is Cc1ccc(N2CC(Nc3nc4c(s3)c(C)nn4C)CC2=O)cc1. The standard InChI is InChI=1S/C17H19N5OS/c1-10-4-6-13(7-5-10)22-9-12(8-14(22)23)18-17-19-16-15(24-17)11(2)20-21(16)3/h4-7,12H,8-9H2,1-3H3,(H,18,19). The molecule has 3 heterocycles. The van der Waals surface area contributed by atoms with Gasteiger partial charge in [-0.25, -0.2) is 9.67 Å². The van der Waals surface area contributed by atoms with Crippen molar-refractivity contribution in [1.29, 1.82) is 0 Å². The van der Waals surface area contributed by atoms with Crippen LogP contribution in [0.15, 0.2) is 24.3 Å². The molecule has 0 spiro atoms. The van der Waals surface area contributed by atoms with Gasteiger partial charge in [0, 0.05) is 25.7 Å². The summed E-state index contributed by atoms with van der Waals surface area (Å²) in [6.45, 7) is 4.70. The summed E-state index contributed by atoms with van der Waals surface area (Å²) in [5.74, 6) is 0.148. The highest BCUT2D eigenvalue weighted by molar-refractivity contribution is 7.22. The molecule has 1 saturated heterocycles. The second-order valence-corrected chi connectivity index (χ2v) is 7.27. The smallest absolute Gasteiger partial charge is 0.229 e. The van der Waals surface area contributed by atoms with Gasteiger partial charge in [0.15, 0.2) is 10.8 Å². The number of benzene rings is 1. The summed E-state index contributed by atoms with van der Waals surface area (Å²) < 4.78 is 2.89. The number of carbonyl (C=O) groups is 1. The number of amides is 1. The molecular formula is C17H19N5OS. The number of hydrogen-bond donors (Lipinski definition) is 1. The van der Waals surface area contributed by atoms with E-state index in [0.29, 0.717) is 13.0 Å². The second-order valence-electron chi connectivity index (χ2n) is 6.27. The highest BCUT2D eigenvalue weighted by Gasteiger charge is 2.31. The van der Waals surface area contributed by atoms with Crippen LogP contribution in [0.25, 0.3) is 10.3 Å². The zero-order valence-electron chi connectivity index (χ0n) is 13.9. The molecule has 0 bridgehead atoms. The van der Waals surface area contributed by atoms with Crippen molar-refractivity contribution in [2.75, 3.05) is 16.8 Å². The molecule has 7 heteroatoms. The molecule has 1 atom stereocenters. The summed E-state index contributed by atoms with van der Waals surface area (Å²) in [5.41, 5.74) is 4.03. The summed E-state index contributed by atoms with van der Waals surface area (Å²) in [6, 6.07) is 8.15. The van der Waals surface area contributed by atoms with Crippen molar-refractivity contribution in [3.63, 3.8) is 0 Å². The minimum absolute atomic E-state index is 0.0765. The van der Waals surface area contributed by atoms with Crippen LogP contribution in [0.2, 0.25) is 0 Å². The number of thiazole rings is 1. The van der Waals surface area contributed by atoms with Crippen LogP contribution in [0.3, 0.4) is 0 Å². The lowest BCUT2D eigenvalue weighted by Gasteiger charge is -2.17. The molecule has 4 rings (SSSR count). The van der Waals surface area contributed by atoms with Crippen LogP contribution < -0.4 is 10.2 Å². The first-order chi connectivity index (χ1) is 11.5. The first-order valence-electron chi connectivity index (χ1n) is 7.95. The van der Waals surface area contributed by atoms with E-state index in [1.54, 1.807) is 16.0 Å². The average molecular weight is 341 g/mol. The van der Waals surface area contributed by atoms with E-state index >= 15 is 0 Å². The quantitative estimate of drug-likeness (QED) is 0.796. The largest absolute Gasteiger partial charge is 0.356 e. The molecule has 1 aromatic carbocycles. The Morgan fingerprint density at radius 1 is 1.25 bits per heavy atom. The minimum atomic E-state index is 0.0765. The minimum Gasteiger partial charge on any atom is -0.356 e. The third kappa shape index (κ3) is 2.54. The normalized spacial score (nSPS) is 17.9. The van der Waals surface area contributed by atoms with Crippen molar-refractivity contribution < 1.29 is 4.79 Å². The molecule has 1 amide bonds. The van der Waals surface area contributed by atoms with E-state index in [9.17, 15) is 4.79 Å². The third-order valence-electron chi connectivity index (χ3n) is 4.34. The lowest BCUT2D eigenvalue weighted by Crippen LogP contribution is -2.27. The number of aryl methyl sites for hydroxylation is 3. The van der Waals surface area contributed by atoms with Gasteiger partial charge in [0.25, 0.3) is 0 Å². The van der Waals surface area contributed by atoms with Crippen LogP contribution in [0.1, 0.15) is 17.7 Å². The van der Waals surface area contributed by atoms with Crippen LogP contribution in [-0.4, -0.2) is 33.3 Å². The van der Waals surface area contributed by atoms with Crippen molar-refractivity contribution in [2.24, 2.45) is 7.05 Å². The topological polar surface area (TPSA) is 63.0 Å². The second kappa shape index (κ2) is 5.59. The number of nitrogens with one attached hydrogen (secondary N) is 1. The molecule has 0 saturated carbocycles. The van der Waals surface area contributed by atoms with Gasteiger partial charge in [0.05, 0.1) is 16.4 Å². The molecule has 6 nitrogen and oxygen atoms in total. The lowest BCUT2D eigenvalue weighted by atomic mass is 10.2. The highest BCUT2D eigenvalue weighted by Crippen LogP contribution is 2.30. The third-order valence-corrected chi connectivity index (χ3v) is 5.43. The molecule has 1 aliphatic heterocycles. The Bertz CT molecular complexity index is 877. The number of carbonyl (C=O) groups excluding carboxylic acids is 1. The van der Waals surface area contributed by atoms with E-state index < -0.39 is 0 Å². The zero-order chi connectivity index (χ0) is 16.8. The maximum atomic E-state index is 12.3. The van der Waals surface area contributed by atoms with E-state index in [1.807, 2.05) is 50.1 Å². The van der Waals surface area contributed by atoms with E-state index in [1.165, 1.54) is 5.56 Å². The molecule has 0 radical (unpaired) electrons. The van der Waals surface area contributed by atoms with Gasteiger partial charge < -0.3 is 10.2 Å². The summed E-state index contributed by atoms with van der Waals surface area (Å²) in [6.07, 6.45) is 0.487. The average Bonchev–Trinajstić information content (AvgIpc) is 3.18. The van der Waals surface area contributed by atoms with Crippen molar-refractivity contribution >= 4 is 38.4 Å². The van der Waals surface area contributed by atoms with Gasteiger partial charge in [0.1, 0.15) is 0 Å². The van der Waals surface area contributed by atoms with Crippen molar-refractivity contribution in [2.45, 2.75) is 26.3 Å². The fraction of sp³-hybridized carbons (Fsp3) is 0.353. The molecule has 124 valence electrons. The van der Waals surface area contributed by atoms with Crippen LogP contribution in [0.4, 0.5) is 10.8 Å². The van der Waals surface area contributed by atoms with Gasteiger partial charge in [-0.15, -0.1) is 0 Å². The molecule has 0 aliphatic carbocycles. The Kier molecular flexibility index (Phi) is 3.53. The van der Waals surface area contributed by atoms with E-state index in [-0.39, 0.29) is 11.9 Å². The van der Waals surface area contributed by atoms with Crippen LogP contribution in [-0.2, 0) is 11.8 Å². The number of aromatic nitrogens is 3. The number of rotatable bonds is 3. The Morgan fingerprint density at radius 3 is 2.71 bits per heavy atom. The Labute approximate surface area is 144 Å². The molecular weight excluding hydrogens is 322 g/mol. The molecule has 3 aromatic rings. The van der Waals surface area contributed by atoms with Crippen LogP contribution in [0, 0.1) is 13.8 Å². The lowest BCUT2D eigenvalue weighted by molar-refractivity contribution is -0.117. The molecule has 2 aromatic heterocycles. The molecule has 24 heavy (non-hydrogen) atoms. The van der Waals surface area contributed by atoms with Crippen LogP contribution >= 0.6 is 11.3 Å². The summed E-state index contributed by atoms with van der Waals surface area (Å²) in [5, 5.41) is 8.64. The van der Waals surface area contributed by atoms with E-state index in [4.69, 9.17) is 0 Å².